The van der Waals surface area contributed by atoms with E-state index < -0.39 is 0 Å². The minimum absolute atomic E-state index is 0.232. The molecule has 0 aromatic carbocycles. The average molecular weight is 196 g/mol. The average Bonchev–Trinajstić information content (AvgIpc) is 2.23. The fraction of sp³-hybridized carbons (Fsp3) is 0.917. The number of carbonyl (C=O) groups is 1. The van der Waals surface area contributed by atoms with Gasteiger partial charge < -0.3 is 5.11 Å². The number of aliphatic hydroxyl groups excluding tert-OH is 1. The van der Waals surface area contributed by atoms with Crippen LogP contribution in [0.2, 0.25) is 0 Å². The first-order chi connectivity index (χ1) is 6.63. The first kappa shape index (κ1) is 10.2. The number of aliphatic hydroxyl groups is 1. The molecule has 2 aliphatic carbocycles. The number of hydrogen-bond donors (Lipinski definition) is 1. The van der Waals surface area contributed by atoms with Gasteiger partial charge in [0.25, 0.3) is 0 Å². The number of hydrogen-bond acceptors (Lipinski definition) is 2. The van der Waals surface area contributed by atoms with Crippen molar-refractivity contribution in [2.75, 3.05) is 6.61 Å². The Labute approximate surface area is 85.7 Å². The van der Waals surface area contributed by atoms with Crippen molar-refractivity contribution in [2.45, 2.75) is 33.1 Å². The maximum absolute atomic E-state index is 11.9. The minimum Gasteiger partial charge on any atom is -0.396 e. The molecule has 4 atom stereocenters. The Morgan fingerprint density at radius 2 is 1.64 bits per heavy atom. The number of ketones is 1. The van der Waals surface area contributed by atoms with Gasteiger partial charge in [-0.15, -0.1) is 0 Å². The largest absolute Gasteiger partial charge is 0.396 e. The molecule has 2 bridgehead atoms. The van der Waals surface area contributed by atoms with Crippen LogP contribution in [0.15, 0.2) is 0 Å². The quantitative estimate of drug-likeness (QED) is 0.695. The molecule has 0 unspecified atom stereocenters. The highest BCUT2D eigenvalue weighted by Gasteiger charge is 2.43. The van der Waals surface area contributed by atoms with E-state index >= 15 is 0 Å². The summed E-state index contributed by atoms with van der Waals surface area (Å²) in [7, 11) is 0. The molecule has 1 N–H and O–H groups in total. The molecule has 0 saturated heterocycles. The fourth-order valence-electron chi connectivity index (χ4n) is 3.38. The first-order valence-electron chi connectivity index (χ1n) is 5.78. The molecule has 0 amide bonds. The highest BCUT2D eigenvalue weighted by atomic mass is 16.3. The van der Waals surface area contributed by atoms with Gasteiger partial charge >= 0.3 is 0 Å². The van der Waals surface area contributed by atoms with Crippen molar-refractivity contribution in [3.8, 4) is 0 Å². The molecular weight excluding hydrogens is 176 g/mol. The van der Waals surface area contributed by atoms with Gasteiger partial charge in [-0.3, -0.25) is 4.79 Å². The number of carbonyl (C=O) groups excluding carboxylic acids is 1. The van der Waals surface area contributed by atoms with E-state index in [1.165, 1.54) is 6.42 Å². The topological polar surface area (TPSA) is 37.3 Å². The van der Waals surface area contributed by atoms with Gasteiger partial charge in [0.05, 0.1) is 0 Å². The van der Waals surface area contributed by atoms with Gasteiger partial charge in [0.2, 0.25) is 0 Å². The van der Waals surface area contributed by atoms with Gasteiger partial charge in [-0.1, -0.05) is 13.8 Å². The summed E-state index contributed by atoms with van der Waals surface area (Å²) in [6.07, 6.45) is 3.34. The van der Waals surface area contributed by atoms with Gasteiger partial charge in [0.15, 0.2) is 0 Å². The van der Waals surface area contributed by atoms with Crippen LogP contribution < -0.4 is 0 Å². The molecule has 0 heterocycles. The molecule has 0 radical (unpaired) electrons. The van der Waals surface area contributed by atoms with Crippen LogP contribution in [0.25, 0.3) is 0 Å². The Kier molecular flexibility index (Phi) is 2.65. The van der Waals surface area contributed by atoms with E-state index in [0.29, 0.717) is 30.1 Å². The van der Waals surface area contributed by atoms with Gasteiger partial charge in [-0.2, -0.15) is 0 Å². The van der Waals surface area contributed by atoms with E-state index in [-0.39, 0.29) is 11.8 Å². The molecule has 2 heteroatoms. The standard InChI is InChI=1S/C12H20O2/c1-7-10-3-9(6-13)4-11(5-10)8(2)12(7)14/h7-11,13H,3-6H2,1-2H3/t7-,8-,10-,11-/m0/s1. The van der Waals surface area contributed by atoms with Crippen molar-refractivity contribution in [2.24, 2.45) is 29.6 Å². The van der Waals surface area contributed by atoms with E-state index in [2.05, 4.69) is 13.8 Å². The zero-order valence-electron chi connectivity index (χ0n) is 9.07. The molecule has 0 aliphatic heterocycles. The fourth-order valence-corrected chi connectivity index (χ4v) is 3.38. The van der Waals surface area contributed by atoms with Crippen LogP contribution in [0.3, 0.4) is 0 Å². The Hall–Kier alpha value is -0.370. The van der Waals surface area contributed by atoms with Crippen molar-refractivity contribution in [1.29, 1.82) is 0 Å². The van der Waals surface area contributed by atoms with Crippen LogP contribution in [0, 0.1) is 29.6 Å². The van der Waals surface area contributed by atoms with Gasteiger partial charge in [0, 0.05) is 18.4 Å². The molecule has 0 spiro atoms. The Morgan fingerprint density at radius 3 is 2.07 bits per heavy atom. The summed E-state index contributed by atoms with van der Waals surface area (Å²) in [5, 5.41) is 9.20. The van der Waals surface area contributed by atoms with Gasteiger partial charge in [-0.05, 0) is 37.0 Å². The summed E-state index contributed by atoms with van der Waals surface area (Å²) in [5.74, 6) is 2.48. The molecule has 2 rings (SSSR count). The van der Waals surface area contributed by atoms with Crippen molar-refractivity contribution >= 4 is 5.78 Å². The maximum atomic E-state index is 11.9. The van der Waals surface area contributed by atoms with Crippen LogP contribution in [-0.2, 0) is 4.79 Å². The summed E-state index contributed by atoms with van der Waals surface area (Å²) < 4.78 is 0. The summed E-state index contributed by atoms with van der Waals surface area (Å²) in [6.45, 7) is 4.44. The summed E-state index contributed by atoms with van der Waals surface area (Å²) in [5.41, 5.74) is 0. The predicted octanol–water partition coefficient (Wildman–Crippen LogP) is 1.87. The lowest BCUT2D eigenvalue weighted by atomic mass is 9.60. The van der Waals surface area contributed by atoms with E-state index in [1.807, 2.05) is 0 Å². The third kappa shape index (κ3) is 1.50. The summed E-state index contributed by atoms with van der Waals surface area (Å²) >= 11 is 0. The van der Waals surface area contributed by atoms with Crippen molar-refractivity contribution in [1.82, 2.24) is 0 Å². The zero-order chi connectivity index (χ0) is 10.3. The van der Waals surface area contributed by atoms with Gasteiger partial charge in [-0.25, -0.2) is 0 Å². The number of rotatable bonds is 1. The second kappa shape index (κ2) is 3.65. The van der Waals surface area contributed by atoms with Crippen molar-refractivity contribution in [3.63, 3.8) is 0 Å². The summed E-state index contributed by atoms with van der Waals surface area (Å²) in [4.78, 5) is 11.9. The lowest BCUT2D eigenvalue weighted by Gasteiger charge is -2.44. The maximum Gasteiger partial charge on any atom is 0.139 e. The predicted molar refractivity (Wildman–Crippen MR) is 54.7 cm³/mol. The summed E-state index contributed by atoms with van der Waals surface area (Å²) in [6, 6.07) is 0. The van der Waals surface area contributed by atoms with Gasteiger partial charge in [0.1, 0.15) is 5.78 Å². The van der Waals surface area contributed by atoms with E-state index in [1.54, 1.807) is 0 Å². The zero-order valence-corrected chi connectivity index (χ0v) is 9.07. The van der Waals surface area contributed by atoms with Crippen molar-refractivity contribution < 1.29 is 9.90 Å². The molecule has 14 heavy (non-hydrogen) atoms. The van der Waals surface area contributed by atoms with Crippen LogP contribution in [0.5, 0.6) is 0 Å². The second-order valence-corrected chi connectivity index (χ2v) is 5.26. The Morgan fingerprint density at radius 1 is 1.14 bits per heavy atom. The van der Waals surface area contributed by atoms with Crippen LogP contribution >= 0.6 is 0 Å². The highest BCUT2D eigenvalue weighted by molar-refractivity contribution is 5.84. The molecule has 2 saturated carbocycles. The monoisotopic (exact) mass is 196 g/mol. The van der Waals surface area contributed by atoms with E-state index in [4.69, 9.17) is 0 Å². The van der Waals surface area contributed by atoms with E-state index in [9.17, 15) is 9.90 Å². The van der Waals surface area contributed by atoms with E-state index in [0.717, 1.165) is 12.8 Å². The Bertz CT molecular complexity index is 212. The lowest BCUT2D eigenvalue weighted by molar-refractivity contribution is -0.136. The molecule has 2 aliphatic rings. The second-order valence-electron chi connectivity index (χ2n) is 5.26. The first-order valence-corrected chi connectivity index (χ1v) is 5.78. The SMILES string of the molecule is C[C@@H]1C(=O)[C@@H](C)[C@H]2CC(CO)C[C@H]1C2. The minimum atomic E-state index is 0.232. The third-order valence-electron chi connectivity index (χ3n) is 4.45. The molecule has 2 fully saturated rings. The number of fused-ring (bicyclic) bond motifs is 2. The smallest absolute Gasteiger partial charge is 0.139 e. The third-order valence-corrected chi connectivity index (χ3v) is 4.45. The lowest BCUT2D eigenvalue weighted by Crippen LogP contribution is -2.43. The van der Waals surface area contributed by atoms with Crippen LogP contribution in [0.1, 0.15) is 33.1 Å². The van der Waals surface area contributed by atoms with Crippen LogP contribution in [-0.4, -0.2) is 17.5 Å². The highest BCUT2D eigenvalue weighted by Crippen LogP contribution is 2.46. The molecular formula is C12H20O2. The van der Waals surface area contributed by atoms with Crippen LogP contribution in [0.4, 0.5) is 0 Å². The molecule has 0 aromatic rings. The number of Topliss-reactive ketones (excluding diaryl/α,β-unsaturated/α-hetero) is 1. The van der Waals surface area contributed by atoms with Crippen molar-refractivity contribution in [3.05, 3.63) is 0 Å². The molecule has 0 aromatic heterocycles. The molecule has 80 valence electrons. The Balaban J connectivity index is 2.15. The normalized spacial score (nSPS) is 47.9. The molecule has 2 nitrogen and oxygen atoms in total.